The Labute approximate surface area is 136 Å². The zero-order valence-corrected chi connectivity index (χ0v) is 13.3. The van der Waals surface area contributed by atoms with Crippen LogP contribution < -0.4 is 10.6 Å². The molecule has 2 unspecified atom stereocenters. The standard InChI is InChI=1S/C15H15ClFN3OS/c16-11-4-3-10(14(18)13(11)17)12-7-22-15(19-12)20-8-1-2-9(20)6-21-5-8/h3-4,7-9H,1-2,5-6,18H2. The van der Waals surface area contributed by atoms with Crippen molar-refractivity contribution in [1.82, 2.24) is 4.98 Å². The number of hydrogen-bond acceptors (Lipinski definition) is 5. The van der Waals surface area contributed by atoms with Gasteiger partial charge in [0, 0.05) is 10.9 Å². The van der Waals surface area contributed by atoms with E-state index in [4.69, 9.17) is 22.1 Å². The van der Waals surface area contributed by atoms with Gasteiger partial charge in [0.25, 0.3) is 0 Å². The summed E-state index contributed by atoms with van der Waals surface area (Å²) >= 11 is 7.32. The summed E-state index contributed by atoms with van der Waals surface area (Å²) in [5.74, 6) is -0.583. The van der Waals surface area contributed by atoms with Crippen LogP contribution in [0.25, 0.3) is 11.3 Å². The number of halogens is 2. The second-order valence-electron chi connectivity index (χ2n) is 5.67. The van der Waals surface area contributed by atoms with Gasteiger partial charge in [-0.05, 0) is 25.0 Å². The van der Waals surface area contributed by atoms with Gasteiger partial charge in [-0.3, -0.25) is 0 Å². The first-order valence-electron chi connectivity index (χ1n) is 7.20. The lowest BCUT2D eigenvalue weighted by atomic mass is 10.1. The molecule has 4 rings (SSSR count). The fraction of sp³-hybridized carbons (Fsp3) is 0.400. The lowest BCUT2D eigenvalue weighted by Crippen LogP contribution is -2.45. The van der Waals surface area contributed by atoms with E-state index >= 15 is 0 Å². The van der Waals surface area contributed by atoms with Crippen LogP contribution in [-0.4, -0.2) is 30.3 Å². The highest BCUT2D eigenvalue weighted by atomic mass is 35.5. The minimum absolute atomic E-state index is 0.0305. The summed E-state index contributed by atoms with van der Waals surface area (Å²) < 4.78 is 19.5. The van der Waals surface area contributed by atoms with Crippen molar-refractivity contribution in [2.75, 3.05) is 23.8 Å². The van der Waals surface area contributed by atoms with Gasteiger partial charge in [0.05, 0.1) is 41.7 Å². The highest BCUT2D eigenvalue weighted by Gasteiger charge is 2.38. The van der Waals surface area contributed by atoms with Crippen LogP contribution in [-0.2, 0) is 4.74 Å². The number of anilines is 2. The molecule has 0 aliphatic carbocycles. The van der Waals surface area contributed by atoms with Gasteiger partial charge < -0.3 is 15.4 Å². The van der Waals surface area contributed by atoms with Gasteiger partial charge in [0.2, 0.25) is 0 Å². The topological polar surface area (TPSA) is 51.4 Å². The van der Waals surface area contributed by atoms with Gasteiger partial charge in [0.1, 0.15) is 0 Å². The summed E-state index contributed by atoms with van der Waals surface area (Å²) in [6.45, 7) is 1.51. The predicted octanol–water partition coefficient (Wildman–Crippen LogP) is 3.55. The summed E-state index contributed by atoms with van der Waals surface area (Å²) in [4.78, 5) is 7.02. The van der Waals surface area contributed by atoms with Crippen molar-refractivity contribution in [3.63, 3.8) is 0 Å². The van der Waals surface area contributed by atoms with Crippen LogP contribution in [0.2, 0.25) is 5.02 Å². The maximum absolute atomic E-state index is 13.9. The average Bonchev–Trinajstić information content (AvgIpc) is 3.07. The van der Waals surface area contributed by atoms with Crippen LogP contribution in [0.4, 0.5) is 15.2 Å². The summed E-state index contributed by atoms with van der Waals surface area (Å²) in [5.41, 5.74) is 7.17. The van der Waals surface area contributed by atoms with Crippen molar-refractivity contribution in [3.05, 3.63) is 28.4 Å². The quantitative estimate of drug-likeness (QED) is 0.850. The second-order valence-corrected chi connectivity index (χ2v) is 6.91. The smallest absolute Gasteiger partial charge is 0.186 e. The van der Waals surface area contributed by atoms with E-state index in [1.807, 2.05) is 5.38 Å². The van der Waals surface area contributed by atoms with Crippen LogP contribution in [0.1, 0.15) is 12.8 Å². The van der Waals surface area contributed by atoms with Gasteiger partial charge in [-0.25, -0.2) is 9.37 Å². The molecule has 2 fully saturated rings. The van der Waals surface area contributed by atoms with Gasteiger partial charge in [-0.15, -0.1) is 11.3 Å². The van der Waals surface area contributed by atoms with E-state index in [1.54, 1.807) is 17.4 Å². The van der Waals surface area contributed by atoms with E-state index in [0.29, 0.717) is 23.3 Å². The number of hydrogen-bond donors (Lipinski definition) is 1. The molecular formula is C15H15ClFN3OS. The monoisotopic (exact) mass is 339 g/mol. The van der Waals surface area contributed by atoms with Crippen molar-refractivity contribution in [2.24, 2.45) is 0 Å². The number of benzene rings is 1. The molecule has 1 aromatic heterocycles. The zero-order chi connectivity index (χ0) is 15.3. The van der Waals surface area contributed by atoms with E-state index in [9.17, 15) is 4.39 Å². The average molecular weight is 340 g/mol. The normalized spacial score (nSPS) is 24.0. The first kappa shape index (κ1) is 14.2. The number of morpholine rings is 1. The molecule has 0 saturated carbocycles. The molecule has 4 nitrogen and oxygen atoms in total. The Balaban J connectivity index is 1.69. The first-order chi connectivity index (χ1) is 10.6. The van der Waals surface area contributed by atoms with Gasteiger partial charge in [-0.1, -0.05) is 11.6 Å². The SMILES string of the molecule is Nc1c(-c2csc(N3C4CCC3COC4)n2)ccc(Cl)c1F. The van der Waals surface area contributed by atoms with Gasteiger partial charge in [0.15, 0.2) is 10.9 Å². The Kier molecular flexibility index (Phi) is 3.47. The molecular weight excluding hydrogens is 325 g/mol. The number of nitrogen functional groups attached to an aromatic ring is 1. The number of thiazole rings is 1. The number of rotatable bonds is 2. The fourth-order valence-electron chi connectivity index (χ4n) is 3.24. The summed E-state index contributed by atoms with van der Waals surface area (Å²) in [6, 6.07) is 4.03. The lowest BCUT2D eigenvalue weighted by molar-refractivity contribution is 0.0906. The van der Waals surface area contributed by atoms with E-state index in [1.165, 1.54) is 6.07 Å². The Morgan fingerprint density at radius 2 is 2.05 bits per heavy atom. The summed E-state index contributed by atoms with van der Waals surface area (Å²) in [7, 11) is 0. The minimum Gasteiger partial charge on any atom is -0.396 e. The van der Waals surface area contributed by atoms with Crippen molar-refractivity contribution >= 4 is 33.8 Å². The molecule has 0 radical (unpaired) electrons. The van der Waals surface area contributed by atoms with E-state index < -0.39 is 5.82 Å². The Morgan fingerprint density at radius 3 is 2.77 bits per heavy atom. The largest absolute Gasteiger partial charge is 0.396 e. The lowest BCUT2D eigenvalue weighted by Gasteiger charge is -2.34. The summed E-state index contributed by atoms with van der Waals surface area (Å²) in [6.07, 6.45) is 2.27. The molecule has 7 heteroatoms. The van der Waals surface area contributed by atoms with Crippen LogP contribution in [0.3, 0.4) is 0 Å². The number of ether oxygens (including phenoxy) is 1. The number of nitrogens with two attached hydrogens (primary N) is 1. The highest BCUT2D eigenvalue weighted by molar-refractivity contribution is 7.14. The molecule has 116 valence electrons. The molecule has 1 aromatic carbocycles. The van der Waals surface area contributed by atoms with Crippen LogP contribution in [0.5, 0.6) is 0 Å². The Bertz CT molecular complexity index is 707. The second kappa shape index (κ2) is 5.37. The minimum atomic E-state index is -0.583. The van der Waals surface area contributed by atoms with Crippen molar-refractivity contribution in [2.45, 2.75) is 24.9 Å². The molecule has 2 aromatic rings. The Morgan fingerprint density at radius 1 is 1.32 bits per heavy atom. The molecule has 22 heavy (non-hydrogen) atoms. The molecule has 0 spiro atoms. The third kappa shape index (κ3) is 2.17. The third-order valence-corrected chi connectivity index (χ3v) is 5.51. The number of nitrogens with zero attached hydrogens (tertiary/aromatic N) is 2. The van der Waals surface area contributed by atoms with Crippen molar-refractivity contribution in [3.8, 4) is 11.3 Å². The predicted molar refractivity (Wildman–Crippen MR) is 87.0 cm³/mol. The van der Waals surface area contributed by atoms with E-state index in [2.05, 4.69) is 9.88 Å². The summed E-state index contributed by atoms with van der Waals surface area (Å²) in [5, 5.41) is 2.91. The van der Waals surface area contributed by atoms with E-state index in [0.717, 1.165) is 31.2 Å². The van der Waals surface area contributed by atoms with Gasteiger partial charge >= 0.3 is 0 Å². The van der Waals surface area contributed by atoms with Crippen molar-refractivity contribution < 1.29 is 9.13 Å². The first-order valence-corrected chi connectivity index (χ1v) is 8.46. The molecule has 2 aliphatic rings. The number of aromatic nitrogens is 1. The van der Waals surface area contributed by atoms with Crippen molar-refractivity contribution in [1.29, 1.82) is 0 Å². The van der Waals surface area contributed by atoms with E-state index in [-0.39, 0.29) is 10.7 Å². The highest BCUT2D eigenvalue weighted by Crippen LogP contribution is 2.39. The number of fused-ring (bicyclic) bond motifs is 2. The maximum Gasteiger partial charge on any atom is 0.186 e. The van der Waals surface area contributed by atoms with Crippen LogP contribution >= 0.6 is 22.9 Å². The van der Waals surface area contributed by atoms with Crippen LogP contribution in [0, 0.1) is 5.82 Å². The molecule has 2 aliphatic heterocycles. The molecule has 2 bridgehead atoms. The molecule has 2 atom stereocenters. The zero-order valence-electron chi connectivity index (χ0n) is 11.8. The van der Waals surface area contributed by atoms with Crippen LogP contribution in [0.15, 0.2) is 17.5 Å². The molecule has 2 N–H and O–H groups in total. The molecule has 2 saturated heterocycles. The fourth-order valence-corrected chi connectivity index (χ4v) is 4.37. The third-order valence-electron chi connectivity index (χ3n) is 4.36. The maximum atomic E-state index is 13.9. The van der Waals surface area contributed by atoms with Gasteiger partial charge in [-0.2, -0.15) is 0 Å². The molecule has 0 amide bonds. The Hall–Kier alpha value is -1.37. The molecule has 3 heterocycles.